The zero-order valence-electron chi connectivity index (χ0n) is 15.5. The summed E-state index contributed by atoms with van der Waals surface area (Å²) in [5.41, 5.74) is 6.22. The van der Waals surface area contributed by atoms with Gasteiger partial charge in [0, 0.05) is 11.1 Å². The van der Waals surface area contributed by atoms with Crippen molar-refractivity contribution in [2.75, 3.05) is 0 Å². The van der Waals surface area contributed by atoms with E-state index in [0.29, 0.717) is 11.1 Å². The van der Waals surface area contributed by atoms with Crippen LogP contribution in [-0.2, 0) is 0 Å². The summed E-state index contributed by atoms with van der Waals surface area (Å²) in [5.74, 6) is -1.78. The smallest absolute Gasteiger partial charge is 0.267 e. The first-order valence-electron chi connectivity index (χ1n) is 8.79. The van der Waals surface area contributed by atoms with Gasteiger partial charge in [0.15, 0.2) is 0 Å². The number of benzene rings is 3. The van der Waals surface area contributed by atoms with E-state index in [4.69, 9.17) is 0 Å². The molecule has 0 aliphatic rings. The average molecular weight is 406 g/mol. The molecule has 0 aliphatic carbocycles. The first-order valence-corrected chi connectivity index (χ1v) is 8.79. The van der Waals surface area contributed by atoms with Crippen LogP contribution < -0.4 is 10.9 Å². The van der Waals surface area contributed by atoms with Crippen molar-refractivity contribution in [3.8, 4) is 0 Å². The van der Waals surface area contributed by atoms with Crippen molar-refractivity contribution in [3.05, 3.63) is 107 Å². The van der Waals surface area contributed by atoms with Crippen LogP contribution in [0.2, 0.25) is 0 Å². The van der Waals surface area contributed by atoms with Gasteiger partial charge in [-0.3, -0.25) is 9.59 Å². The van der Waals surface area contributed by atoms with Crippen LogP contribution in [0.15, 0.2) is 83.0 Å². The topological polar surface area (TPSA) is 82.9 Å². The van der Waals surface area contributed by atoms with E-state index in [9.17, 15) is 18.4 Å². The molecular formula is C22H16F2N4O2. The lowest BCUT2D eigenvalue weighted by Crippen LogP contribution is -2.19. The molecule has 0 unspecified atom stereocenters. The molecular weight excluding hydrogens is 390 g/mol. The zero-order chi connectivity index (χ0) is 21.3. The van der Waals surface area contributed by atoms with Gasteiger partial charge < -0.3 is 0 Å². The van der Waals surface area contributed by atoms with Crippen LogP contribution >= 0.6 is 0 Å². The van der Waals surface area contributed by atoms with Gasteiger partial charge >= 0.3 is 0 Å². The monoisotopic (exact) mass is 406 g/mol. The largest absolute Gasteiger partial charge is 0.271 e. The van der Waals surface area contributed by atoms with E-state index in [1.807, 2.05) is 0 Å². The Morgan fingerprint density at radius 3 is 1.43 bits per heavy atom. The molecule has 3 aromatic rings. The quantitative estimate of drug-likeness (QED) is 0.485. The fraction of sp³-hybridized carbons (Fsp3) is 0. The summed E-state index contributed by atoms with van der Waals surface area (Å²) in [4.78, 5) is 24.2. The summed E-state index contributed by atoms with van der Waals surface area (Å²) in [7, 11) is 0. The molecule has 0 aromatic heterocycles. The summed E-state index contributed by atoms with van der Waals surface area (Å²) in [6.45, 7) is 0. The van der Waals surface area contributed by atoms with Crippen molar-refractivity contribution in [2.24, 2.45) is 10.2 Å². The molecule has 3 aromatic carbocycles. The van der Waals surface area contributed by atoms with Crippen LogP contribution in [0, 0.1) is 11.6 Å². The number of hydrogen-bond donors (Lipinski definition) is 2. The van der Waals surface area contributed by atoms with Gasteiger partial charge in [-0.2, -0.15) is 10.2 Å². The van der Waals surface area contributed by atoms with Crippen LogP contribution in [0.25, 0.3) is 0 Å². The first kappa shape index (κ1) is 20.5. The Kier molecular flexibility index (Phi) is 6.73. The number of halogens is 2. The molecule has 0 atom stereocenters. The number of hydrogen-bond acceptors (Lipinski definition) is 4. The minimum Gasteiger partial charge on any atom is -0.267 e. The molecule has 150 valence electrons. The number of hydrazone groups is 2. The van der Waals surface area contributed by atoms with Gasteiger partial charge in [0.25, 0.3) is 11.8 Å². The summed E-state index contributed by atoms with van der Waals surface area (Å²) < 4.78 is 26.2. The molecule has 0 radical (unpaired) electrons. The van der Waals surface area contributed by atoms with Crippen LogP contribution in [0.1, 0.15) is 31.8 Å². The SMILES string of the molecule is O=C(NN=Cc1cccc(F)c1)c1ccc(C(=O)NN=Cc2cccc(F)c2)cc1. The van der Waals surface area contributed by atoms with Crippen LogP contribution in [0.4, 0.5) is 8.78 Å². The average Bonchev–Trinajstić information content (AvgIpc) is 2.74. The molecule has 0 heterocycles. The van der Waals surface area contributed by atoms with Gasteiger partial charge in [0.1, 0.15) is 11.6 Å². The van der Waals surface area contributed by atoms with Crippen molar-refractivity contribution in [2.45, 2.75) is 0 Å². The van der Waals surface area contributed by atoms with E-state index in [1.54, 1.807) is 12.1 Å². The maximum atomic E-state index is 13.1. The molecule has 0 bridgehead atoms. The Bertz CT molecular complexity index is 1020. The van der Waals surface area contributed by atoms with Gasteiger partial charge in [-0.25, -0.2) is 19.6 Å². The predicted molar refractivity (Wildman–Crippen MR) is 109 cm³/mol. The second-order valence-corrected chi connectivity index (χ2v) is 6.09. The Labute approximate surface area is 170 Å². The molecule has 0 spiro atoms. The third-order valence-electron chi connectivity index (χ3n) is 3.87. The first-order chi connectivity index (χ1) is 14.5. The number of carbonyl (C=O) groups excluding carboxylic acids is 2. The number of carbonyl (C=O) groups is 2. The highest BCUT2D eigenvalue weighted by Crippen LogP contribution is 2.05. The van der Waals surface area contributed by atoms with Gasteiger partial charge in [-0.1, -0.05) is 24.3 Å². The lowest BCUT2D eigenvalue weighted by Gasteiger charge is -2.03. The summed E-state index contributed by atoms with van der Waals surface area (Å²) in [5, 5.41) is 7.55. The Morgan fingerprint density at radius 1 is 0.667 bits per heavy atom. The minimum atomic E-state index is -0.487. The maximum Gasteiger partial charge on any atom is 0.271 e. The third kappa shape index (κ3) is 5.90. The maximum absolute atomic E-state index is 13.1. The zero-order valence-corrected chi connectivity index (χ0v) is 15.5. The predicted octanol–water partition coefficient (Wildman–Crippen LogP) is 3.49. The van der Waals surface area contributed by atoms with Gasteiger partial charge in [-0.15, -0.1) is 0 Å². The highest BCUT2D eigenvalue weighted by atomic mass is 19.1. The third-order valence-corrected chi connectivity index (χ3v) is 3.87. The number of amides is 2. The molecule has 8 heteroatoms. The van der Waals surface area contributed by atoms with Crippen molar-refractivity contribution in [1.82, 2.24) is 10.9 Å². The van der Waals surface area contributed by atoms with Crippen molar-refractivity contribution >= 4 is 24.2 Å². The fourth-order valence-corrected chi connectivity index (χ4v) is 2.41. The minimum absolute atomic E-state index is 0.284. The van der Waals surface area contributed by atoms with Gasteiger partial charge in [0.05, 0.1) is 12.4 Å². The highest BCUT2D eigenvalue weighted by molar-refractivity contribution is 5.98. The van der Waals surface area contributed by atoms with Crippen LogP contribution in [-0.4, -0.2) is 24.2 Å². The van der Waals surface area contributed by atoms with E-state index < -0.39 is 23.4 Å². The second-order valence-electron chi connectivity index (χ2n) is 6.09. The Balaban J connectivity index is 1.54. The lowest BCUT2D eigenvalue weighted by atomic mass is 10.1. The Hall–Kier alpha value is -4.20. The normalized spacial score (nSPS) is 11.0. The molecule has 30 heavy (non-hydrogen) atoms. The van der Waals surface area contributed by atoms with Gasteiger partial charge in [0.2, 0.25) is 0 Å². The lowest BCUT2D eigenvalue weighted by molar-refractivity contribution is 0.0943. The second kappa shape index (κ2) is 9.83. The van der Waals surface area contributed by atoms with Gasteiger partial charge in [-0.05, 0) is 59.7 Å². The summed E-state index contributed by atoms with van der Waals surface area (Å²) in [6, 6.07) is 17.3. The van der Waals surface area contributed by atoms with Crippen molar-refractivity contribution < 1.29 is 18.4 Å². The van der Waals surface area contributed by atoms with Crippen LogP contribution in [0.3, 0.4) is 0 Å². The molecule has 0 fully saturated rings. The molecule has 0 saturated carbocycles. The van der Waals surface area contributed by atoms with E-state index in [0.717, 1.165) is 0 Å². The molecule has 2 amide bonds. The van der Waals surface area contributed by atoms with E-state index >= 15 is 0 Å². The van der Waals surface area contributed by atoms with E-state index in [1.165, 1.54) is 73.1 Å². The highest BCUT2D eigenvalue weighted by Gasteiger charge is 2.08. The fourth-order valence-electron chi connectivity index (χ4n) is 2.41. The number of nitrogens with one attached hydrogen (secondary N) is 2. The number of nitrogens with zero attached hydrogens (tertiary/aromatic N) is 2. The standard InChI is InChI=1S/C22H16F2N4O2/c23-19-5-1-3-15(11-19)13-25-27-21(29)17-7-9-18(10-8-17)22(30)28-26-14-16-4-2-6-20(24)12-16/h1-14H,(H,27,29)(H,28,30). The van der Waals surface area contributed by atoms with E-state index in [2.05, 4.69) is 21.1 Å². The molecule has 3 rings (SSSR count). The van der Waals surface area contributed by atoms with Crippen molar-refractivity contribution in [1.29, 1.82) is 0 Å². The van der Waals surface area contributed by atoms with Crippen molar-refractivity contribution in [3.63, 3.8) is 0 Å². The molecule has 6 nitrogen and oxygen atoms in total. The molecule has 2 N–H and O–H groups in total. The Morgan fingerprint density at radius 2 is 1.07 bits per heavy atom. The summed E-state index contributed by atoms with van der Waals surface area (Å²) >= 11 is 0. The van der Waals surface area contributed by atoms with Crippen LogP contribution in [0.5, 0.6) is 0 Å². The van der Waals surface area contributed by atoms with E-state index in [-0.39, 0.29) is 11.1 Å². The summed E-state index contributed by atoms with van der Waals surface area (Å²) in [6.07, 6.45) is 2.64. The molecule has 0 aliphatic heterocycles. The number of rotatable bonds is 6. The molecule has 0 saturated heterocycles.